The van der Waals surface area contributed by atoms with Gasteiger partial charge in [0, 0.05) is 12.6 Å². The zero-order chi connectivity index (χ0) is 13.2. The largest absolute Gasteiger partial charge is 0.303 e. The Labute approximate surface area is 117 Å². The standard InChI is InChI=1S/C16H15ClN2/c1-12-5-7-13(8-6-12)10-14-15(11-17)19-9-3-2-4-16(19)18-14/h2-9H,10-11H2,1H3. The summed E-state index contributed by atoms with van der Waals surface area (Å²) in [6.45, 7) is 2.10. The number of benzene rings is 1. The predicted octanol–water partition coefficient (Wildman–Crippen LogP) is 3.97. The van der Waals surface area contributed by atoms with Gasteiger partial charge >= 0.3 is 0 Å². The molecule has 0 amide bonds. The van der Waals surface area contributed by atoms with Crippen LogP contribution in [0.1, 0.15) is 22.5 Å². The Bertz CT molecular complexity index is 698. The first-order chi connectivity index (χ1) is 9.28. The number of hydrogen-bond donors (Lipinski definition) is 0. The first-order valence-corrected chi connectivity index (χ1v) is 6.88. The third kappa shape index (κ3) is 2.36. The van der Waals surface area contributed by atoms with Crippen molar-refractivity contribution in [1.29, 1.82) is 0 Å². The molecule has 96 valence electrons. The number of fused-ring (bicyclic) bond motifs is 1. The van der Waals surface area contributed by atoms with Crippen molar-refractivity contribution in [3.8, 4) is 0 Å². The van der Waals surface area contributed by atoms with Crippen molar-refractivity contribution < 1.29 is 0 Å². The third-order valence-electron chi connectivity index (χ3n) is 3.33. The molecule has 0 N–H and O–H groups in total. The molecule has 0 aliphatic carbocycles. The number of pyridine rings is 1. The summed E-state index contributed by atoms with van der Waals surface area (Å²) in [5.41, 5.74) is 5.64. The first kappa shape index (κ1) is 12.2. The summed E-state index contributed by atoms with van der Waals surface area (Å²) in [5, 5.41) is 0. The van der Waals surface area contributed by atoms with Gasteiger partial charge in [0.15, 0.2) is 0 Å². The average molecular weight is 271 g/mol. The van der Waals surface area contributed by atoms with Gasteiger partial charge in [0.25, 0.3) is 0 Å². The van der Waals surface area contributed by atoms with E-state index in [1.54, 1.807) is 0 Å². The third-order valence-corrected chi connectivity index (χ3v) is 3.58. The van der Waals surface area contributed by atoms with Gasteiger partial charge in [-0.25, -0.2) is 4.98 Å². The monoisotopic (exact) mass is 270 g/mol. The molecule has 2 nitrogen and oxygen atoms in total. The van der Waals surface area contributed by atoms with Crippen molar-refractivity contribution >= 4 is 17.2 Å². The molecule has 0 fully saturated rings. The highest BCUT2D eigenvalue weighted by molar-refractivity contribution is 6.17. The maximum atomic E-state index is 6.08. The molecule has 0 unspecified atom stereocenters. The molecule has 0 radical (unpaired) electrons. The van der Waals surface area contributed by atoms with Crippen LogP contribution in [0.2, 0.25) is 0 Å². The highest BCUT2D eigenvalue weighted by Gasteiger charge is 2.11. The van der Waals surface area contributed by atoms with Crippen LogP contribution in [0, 0.1) is 6.92 Å². The fourth-order valence-corrected chi connectivity index (χ4v) is 2.56. The van der Waals surface area contributed by atoms with Crippen LogP contribution in [-0.2, 0) is 12.3 Å². The van der Waals surface area contributed by atoms with E-state index in [2.05, 4.69) is 40.6 Å². The van der Waals surface area contributed by atoms with Gasteiger partial charge < -0.3 is 4.40 Å². The fourth-order valence-electron chi connectivity index (χ4n) is 2.28. The molecule has 2 heterocycles. The maximum Gasteiger partial charge on any atom is 0.137 e. The number of imidazole rings is 1. The Balaban J connectivity index is 2.02. The van der Waals surface area contributed by atoms with E-state index in [9.17, 15) is 0 Å². The minimum absolute atomic E-state index is 0.479. The molecule has 0 saturated heterocycles. The van der Waals surface area contributed by atoms with Crippen molar-refractivity contribution in [2.45, 2.75) is 19.2 Å². The van der Waals surface area contributed by atoms with Crippen molar-refractivity contribution in [3.05, 3.63) is 71.2 Å². The molecular formula is C16H15ClN2. The minimum atomic E-state index is 0.479. The molecule has 3 heteroatoms. The smallest absolute Gasteiger partial charge is 0.137 e. The SMILES string of the molecule is Cc1ccc(Cc2nc3ccccn3c2CCl)cc1. The summed E-state index contributed by atoms with van der Waals surface area (Å²) in [5.74, 6) is 0.479. The van der Waals surface area contributed by atoms with Crippen molar-refractivity contribution in [1.82, 2.24) is 9.38 Å². The van der Waals surface area contributed by atoms with Crippen LogP contribution in [0.15, 0.2) is 48.7 Å². The normalized spacial score (nSPS) is 11.1. The number of aryl methyl sites for hydroxylation is 1. The number of aromatic nitrogens is 2. The molecule has 19 heavy (non-hydrogen) atoms. The van der Waals surface area contributed by atoms with E-state index in [0.717, 1.165) is 23.5 Å². The lowest BCUT2D eigenvalue weighted by Crippen LogP contribution is -1.95. The number of halogens is 1. The average Bonchev–Trinajstić information content (AvgIpc) is 2.78. The van der Waals surface area contributed by atoms with Crippen molar-refractivity contribution in [2.75, 3.05) is 0 Å². The number of rotatable bonds is 3. The topological polar surface area (TPSA) is 17.3 Å². The summed E-state index contributed by atoms with van der Waals surface area (Å²) in [4.78, 5) is 4.68. The van der Waals surface area contributed by atoms with Crippen LogP contribution in [0.5, 0.6) is 0 Å². The molecule has 0 aliphatic heterocycles. The van der Waals surface area contributed by atoms with Crippen LogP contribution >= 0.6 is 11.6 Å². The van der Waals surface area contributed by atoms with E-state index in [4.69, 9.17) is 11.6 Å². The number of alkyl halides is 1. The van der Waals surface area contributed by atoms with Gasteiger partial charge in [-0.1, -0.05) is 35.9 Å². The molecule has 2 aromatic heterocycles. The number of hydrogen-bond acceptors (Lipinski definition) is 1. The summed E-state index contributed by atoms with van der Waals surface area (Å²) < 4.78 is 2.07. The second kappa shape index (κ2) is 5.06. The summed E-state index contributed by atoms with van der Waals surface area (Å²) in [6, 6.07) is 14.6. The quantitative estimate of drug-likeness (QED) is 0.658. The summed E-state index contributed by atoms with van der Waals surface area (Å²) in [7, 11) is 0. The molecule has 3 aromatic rings. The highest BCUT2D eigenvalue weighted by atomic mass is 35.5. The lowest BCUT2D eigenvalue weighted by Gasteiger charge is -2.02. The molecule has 0 atom stereocenters. The first-order valence-electron chi connectivity index (χ1n) is 6.34. The molecular weight excluding hydrogens is 256 g/mol. The minimum Gasteiger partial charge on any atom is -0.303 e. The van der Waals surface area contributed by atoms with Gasteiger partial charge in [0.1, 0.15) is 5.65 Å². The van der Waals surface area contributed by atoms with Crippen LogP contribution < -0.4 is 0 Å². The van der Waals surface area contributed by atoms with Crippen LogP contribution in [0.3, 0.4) is 0 Å². The second-order valence-electron chi connectivity index (χ2n) is 4.73. The van der Waals surface area contributed by atoms with E-state index in [1.807, 2.05) is 24.4 Å². The molecule has 0 spiro atoms. The molecule has 1 aromatic carbocycles. The second-order valence-corrected chi connectivity index (χ2v) is 5.00. The molecule has 3 rings (SSSR count). The van der Waals surface area contributed by atoms with Crippen molar-refractivity contribution in [3.63, 3.8) is 0 Å². The van der Waals surface area contributed by atoms with E-state index < -0.39 is 0 Å². The van der Waals surface area contributed by atoms with Crippen molar-refractivity contribution in [2.24, 2.45) is 0 Å². The van der Waals surface area contributed by atoms with Gasteiger partial charge in [0.05, 0.1) is 17.3 Å². The molecule has 0 bridgehead atoms. The highest BCUT2D eigenvalue weighted by Crippen LogP contribution is 2.18. The fraction of sp³-hybridized carbons (Fsp3) is 0.188. The zero-order valence-corrected chi connectivity index (χ0v) is 11.6. The van der Waals surface area contributed by atoms with E-state index in [0.29, 0.717) is 5.88 Å². The van der Waals surface area contributed by atoms with E-state index >= 15 is 0 Å². The summed E-state index contributed by atoms with van der Waals surface area (Å²) in [6.07, 6.45) is 2.84. The maximum absolute atomic E-state index is 6.08. The van der Waals surface area contributed by atoms with Gasteiger partial charge in [-0.05, 0) is 24.6 Å². The van der Waals surface area contributed by atoms with E-state index in [1.165, 1.54) is 11.1 Å². The van der Waals surface area contributed by atoms with Gasteiger partial charge in [-0.15, -0.1) is 11.6 Å². The van der Waals surface area contributed by atoms with Gasteiger partial charge in [-0.3, -0.25) is 0 Å². The van der Waals surface area contributed by atoms with Crippen LogP contribution in [0.25, 0.3) is 5.65 Å². The Kier molecular flexibility index (Phi) is 3.26. The van der Waals surface area contributed by atoms with E-state index in [-0.39, 0.29) is 0 Å². The number of nitrogens with zero attached hydrogens (tertiary/aromatic N) is 2. The Morgan fingerprint density at radius 1 is 1.11 bits per heavy atom. The lowest BCUT2D eigenvalue weighted by molar-refractivity contribution is 1.03. The van der Waals surface area contributed by atoms with Crippen LogP contribution in [-0.4, -0.2) is 9.38 Å². The van der Waals surface area contributed by atoms with Gasteiger partial charge in [-0.2, -0.15) is 0 Å². The Morgan fingerprint density at radius 3 is 2.63 bits per heavy atom. The Hall–Kier alpha value is -1.80. The lowest BCUT2D eigenvalue weighted by atomic mass is 10.1. The van der Waals surface area contributed by atoms with Gasteiger partial charge in [0.2, 0.25) is 0 Å². The summed E-state index contributed by atoms with van der Waals surface area (Å²) >= 11 is 6.08. The van der Waals surface area contributed by atoms with Crippen LogP contribution in [0.4, 0.5) is 0 Å². The predicted molar refractivity (Wildman–Crippen MR) is 78.7 cm³/mol. The molecule has 0 saturated carbocycles. The molecule has 0 aliphatic rings. The Morgan fingerprint density at radius 2 is 1.89 bits per heavy atom. The zero-order valence-electron chi connectivity index (χ0n) is 10.8.